The van der Waals surface area contributed by atoms with Crippen molar-refractivity contribution >= 4 is 11.5 Å². The third kappa shape index (κ3) is 5.94. The van der Waals surface area contributed by atoms with Crippen molar-refractivity contribution < 1.29 is 19.0 Å². The third-order valence-corrected chi connectivity index (χ3v) is 8.02. The molecule has 206 valence electrons. The van der Waals surface area contributed by atoms with Crippen molar-refractivity contribution in [2.75, 3.05) is 64.8 Å². The highest BCUT2D eigenvalue weighted by Gasteiger charge is 2.36. The van der Waals surface area contributed by atoms with Gasteiger partial charge in [0.05, 0.1) is 17.9 Å². The number of unbranched alkanes of at least 4 members (excludes halogenated alkanes) is 1. The van der Waals surface area contributed by atoms with E-state index in [0.717, 1.165) is 63.2 Å². The number of nitrogens with zero attached hydrogens (tertiary/aromatic N) is 2. The molecular weight excluding hydrogens is 478 g/mol. The first kappa shape index (κ1) is 26.8. The Labute approximate surface area is 227 Å². The van der Waals surface area contributed by atoms with Crippen LogP contribution in [0.2, 0.25) is 0 Å². The molecule has 0 spiro atoms. The number of hydrogen-bond acceptors (Lipinski definition) is 7. The number of piperidine rings is 2. The highest BCUT2D eigenvalue weighted by molar-refractivity contribution is 6.26. The maximum atomic E-state index is 13.7. The second kappa shape index (κ2) is 12.9. The van der Waals surface area contributed by atoms with Gasteiger partial charge in [0.25, 0.3) is 0 Å². The maximum absolute atomic E-state index is 13.7. The zero-order valence-corrected chi connectivity index (χ0v) is 22.9. The van der Waals surface area contributed by atoms with E-state index < -0.39 is 0 Å². The Balaban J connectivity index is 1.40. The first-order chi connectivity index (χ1) is 18.7. The molecule has 7 nitrogen and oxygen atoms in total. The highest BCUT2D eigenvalue weighted by atomic mass is 16.5. The van der Waals surface area contributed by atoms with Crippen LogP contribution in [0.4, 0.5) is 5.69 Å². The van der Waals surface area contributed by atoms with E-state index in [2.05, 4.69) is 16.7 Å². The minimum Gasteiger partial charge on any atom is -0.493 e. The van der Waals surface area contributed by atoms with E-state index in [-0.39, 0.29) is 5.78 Å². The molecule has 2 saturated heterocycles. The van der Waals surface area contributed by atoms with Crippen molar-refractivity contribution in [3.8, 4) is 28.4 Å². The van der Waals surface area contributed by atoms with Crippen molar-refractivity contribution in [3.63, 3.8) is 0 Å². The SMILES string of the molecule is CCCCOc1cc(OCCN2CCCCC2)c(N)c2c1-c1c(OCCN3CCCCC3)cccc1C2=O. The van der Waals surface area contributed by atoms with Crippen molar-refractivity contribution in [3.05, 3.63) is 35.4 Å². The number of carbonyl (C=O) groups excluding carboxylic acids is 1. The van der Waals surface area contributed by atoms with Crippen LogP contribution in [0.15, 0.2) is 24.3 Å². The van der Waals surface area contributed by atoms with E-state index in [1.807, 2.05) is 24.3 Å². The molecule has 0 bridgehead atoms. The topological polar surface area (TPSA) is 77.3 Å². The van der Waals surface area contributed by atoms with Gasteiger partial charge in [-0.25, -0.2) is 0 Å². The number of ketones is 1. The molecule has 0 atom stereocenters. The summed E-state index contributed by atoms with van der Waals surface area (Å²) in [4.78, 5) is 18.6. The molecule has 0 unspecified atom stereocenters. The molecule has 2 fully saturated rings. The molecule has 38 heavy (non-hydrogen) atoms. The summed E-state index contributed by atoms with van der Waals surface area (Å²) in [5, 5.41) is 0. The molecule has 7 heteroatoms. The lowest BCUT2D eigenvalue weighted by atomic mass is 10.0. The van der Waals surface area contributed by atoms with Gasteiger partial charge in [0.2, 0.25) is 0 Å². The molecule has 5 rings (SSSR count). The third-order valence-electron chi connectivity index (χ3n) is 8.02. The fourth-order valence-corrected chi connectivity index (χ4v) is 5.86. The molecule has 2 aromatic carbocycles. The van der Waals surface area contributed by atoms with E-state index >= 15 is 0 Å². The van der Waals surface area contributed by atoms with Gasteiger partial charge in [-0.3, -0.25) is 14.6 Å². The van der Waals surface area contributed by atoms with Crippen LogP contribution in [0.25, 0.3) is 11.1 Å². The molecule has 2 aromatic rings. The summed E-state index contributed by atoms with van der Waals surface area (Å²) in [5.74, 6) is 1.80. The summed E-state index contributed by atoms with van der Waals surface area (Å²) in [6.45, 7) is 10.0. The molecular formula is C31H43N3O4. The van der Waals surface area contributed by atoms with Crippen LogP contribution in [0.3, 0.4) is 0 Å². The van der Waals surface area contributed by atoms with Crippen LogP contribution in [-0.2, 0) is 0 Å². The molecule has 3 aliphatic rings. The van der Waals surface area contributed by atoms with E-state index in [4.69, 9.17) is 19.9 Å². The largest absolute Gasteiger partial charge is 0.493 e. The molecule has 2 heterocycles. The molecule has 0 saturated carbocycles. The number of likely N-dealkylation sites (tertiary alicyclic amines) is 2. The van der Waals surface area contributed by atoms with Gasteiger partial charge in [0, 0.05) is 35.8 Å². The van der Waals surface area contributed by atoms with Gasteiger partial charge in [-0.1, -0.05) is 38.3 Å². The van der Waals surface area contributed by atoms with Gasteiger partial charge in [-0.05, 0) is 64.3 Å². The summed E-state index contributed by atoms with van der Waals surface area (Å²) in [7, 11) is 0. The van der Waals surface area contributed by atoms with Crippen LogP contribution in [0, 0.1) is 0 Å². The second-order valence-corrected chi connectivity index (χ2v) is 10.7. The van der Waals surface area contributed by atoms with E-state index in [1.54, 1.807) is 0 Å². The van der Waals surface area contributed by atoms with Gasteiger partial charge in [-0.2, -0.15) is 0 Å². The van der Waals surface area contributed by atoms with Crippen molar-refractivity contribution in [1.82, 2.24) is 9.80 Å². The minimum absolute atomic E-state index is 0.0872. The zero-order chi connectivity index (χ0) is 26.3. The van der Waals surface area contributed by atoms with Crippen LogP contribution in [-0.4, -0.2) is 74.7 Å². The van der Waals surface area contributed by atoms with Crippen molar-refractivity contribution in [1.29, 1.82) is 0 Å². The number of nitrogens with two attached hydrogens (primary N) is 1. The molecule has 0 radical (unpaired) electrons. The first-order valence-electron chi connectivity index (χ1n) is 14.6. The number of nitrogen functional groups attached to an aromatic ring is 1. The summed E-state index contributed by atoms with van der Waals surface area (Å²) in [5.41, 5.74) is 9.66. The van der Waals surface area contributed by atoms with Crippen LogP contribution < -0.4 is 19.9 Å². The molecule has 0 aromatic heterocycles. The number of anilines is 1. The van der Waals surface area contributed by atoms with Gasteiger partial charge in [0.1, 0.15) is 30.5 Å². The van der Waals surface area contributed by atoms with Gasteiger partial charge >= 0.3 is 0 Å². The Morgan fingerprint density at radius 3 is 1.97 bits per heavy atom. The second-order valence-electron chi connectivity index (χ2n) is 10.7. The summed E-state index contributed by atoms with van der Waals surface area (Å²) in [6, 6.07) is 7.59. The summed E-state index contributed by atoms with van der Waals surface area (Å²) >= 11 is 0. The number of rotatable bonds is 12. The number of fused-ring (bicyclic) bond motifs is 3. The molecule has 0 amide bonds. The van der Waals surface area contributed by atoms with Gasteiger partial charge < -0.3 is 19.9 Å². The van der Waals surface area contributed by atoms with Crippen molar-refractivity contribution in [2.45, 2.75) is 58.3 Å². The predicted molar refractivity (Wildman–Crippen MR) is 152 cm³/mol. The molecule has 1 aliphatic carbocycles. The fraction of sp³-hybridized carbons (Fsp3) is 0.581. The van der Waals surface area contributed by atoms with E-state index in [0.29, 0.717) is 53.9 Å². The zero-order valence-electron chi connectivity index (χ0n) is 22.9. The van der Waals surface area contributed by atoms with Gasteiger partial charge in [-0.15, -0.1) is 0 Å². The average molecular weight is 522 g/mol. The Kier molecular flexibility index (Phi) is 9.07. The van der Waals surface area contributed by atoms with Crippen LogP contribution in [0.1, 0.15) is 74.2 Å². The first-order valence-corrected chi connectivity index (χ1v) is 14.6. The maximum Gasteiger partial charge on any atom is 0.196 e. The Hall–Kier alpha value is -2.77. The lowest BCUT2D eigenvalue weighted by Gasteiger charge is -2.26. The van der Waals surface area contributed by atoms with Crippen molar-refractivity contribution in [2.24, 2.45) is 0 Å². The smallest absolute Gasteiger partial charge is 0.196 e. The Morgan fingerprint density at radius 2 is 1.34 bits per heavy atom. The lowest BCUT2D eigenvalue weighted by molar-refractivity contribution is 0.104. The quantitative estimate of drug-likeness (QED) is 0.253. The van der Waals surface area contributed by atoms with Crippen LogP contribution >= 0.6 is 0 Å². The molecule has 2 N–H and O–H groups in total. The molecule has 2 aliphatic heterocycles. The Bertz CT molecular complexity index is 1110. The number of benzene rings is 2. The minimum atomic E-state index is -0.0872. The highest BCUT2D eigenvalue weighted by Crippen LogP contribution is 2.52. The number of hydrogen-bond donors (Lipinski definition) is 1. The summed E-state index contributed by atoms with van der Waals surface area (Å²) < 4.78 is 18.8. The summed E-state index contributed by atoms with van der Waals surface area (Å²) in [6.07, 6.45) is 9.56. The number of carbonyl (C=O) groups is 1. The Morgan fingerprint density at radius 1 is 0.737 bits per heavy atom. The lowest BCUT2D eigenvalue weighted by Crippen LogP contribution is -2.33. The average Bonchev–Trinajstić information content (AvgIpc) is 3.26. The van der Waals surface area contributed by atoms with Gasteiger partial charge in [0.15, 0.2) is 5.78 Å². The van der Waals surface area contributed by atoms with Crippen LogP contribution in [0.5, 0.6) is 17.2 Å². The monoisotopic (exact) mass is 521 g/mol. The normalized spacial score (nSPS) is 17.8. The number of ether oxygens (including phenoxy) is 3. The standard InChI is InChI=1S/C31H43N3O4/c1-2-3-19-36-25-22-26(38-21-18-34-15-8-5-9-16-34)30(32)29-28(25)27-23(31(29)35)11-10-12-24(27)37-20-17-33-13-6-4-7-14-33/h10-12,22H,2-9,13-21,32H2,1H3. The van der Waals surface area contributed by atoms with E-state index in [1.165, 1.54) is 38.5 Å². The predicted octanol–water partition coefficient (Wildman–Crippen LogP) is 5.39. The fourth-order valence-electron chi connectivity index (χ4n) is 5.86. The van der Waals surface area contributed by atoms with E-state index in [9.17, 15) is 4.79 Å².